The minimum atomic E-state index is -1.02. The Morgan fingerprint density at radius 3 is 2.67 bits per heavy atom. The van der Waals surface area contributed by atoms with Crippen LogP contribution in [0.1, 0.15) is 13.3 Å². The van der Waals surface area contributed by atoms with Crippen molar-refractivity contribution >= 4 is 5.97 Å². The lowest BCUT2D eigenvalue weighted by Gasteiger charge is -1.96. The Balaban J connectivity index is 2.83. The summed E-state index contributed by atoms with van der Waals surface area (Å²) in [6, 6.07) is 0. The molecule has 0 amide bonds. The molecule has 0 bridgehead atoms. The summed E-state index contributed by atoms with van der Waals surface area (Å²) in [5.74, 6) is -1.02. The van der Waals surface area contributed by atoms with Gasteiger partial charge in [0.1, 0.15) is 0 Å². The first kappa shape index (κ1) is 8.39. The molecule has 54 valence electrons. The van der Waals surface area contributed by atoms with E-state index in [-0.39, 0.29) is 6.61 Å². The third-order valence-electron chi connectivity index (χ3n) is 0.553. The average Bonchev–Trinajstić information content (AvgIpc) is 1.80. The lowest BCUT2D eigenvalue weighted by molar-refractivity contribution is -0.291. The molecule has 0 aromatic heterocycles. The molecule has 0 unspecified atom stereocenters. The van der Waals surface area contributed by atoms with E-state index in [1.807, 2.05) is 6.92 Å². The van der Waals surface area contributed by atoms with Crippen LogP contribution in [0.4, 0.5) is 0 Å². The van der Waals surface area contributed by atoms with Crippen molar-refractivity contribution in [3.63, 3.8) is 0 Å². The Kier molecular flexibility index (Phi) is 5.15. The molecule has 0 spiro atoms. The number of hydrogen-bond acceptors (Lipinski definition) is 3. The van der Waals surface area contributed by atoms with Crippen LogP contribution in [0.25, 0.3) is 0 Å². The molecular weight excluding hydrogens is 124 g/mol. The molecule has 0 aliphatic heterocycles. The molecule has 4 nitrogen and oxygen atoms in total. The van der Waals surface area contributed by atoms with E-state index in [9.17, 15) is 4.79 Å². The second-order valence-electron chi connectivity index (χ2n) is 1.48. The predicted octanol–water partition coefficient (Wildman–Crippen LogP) is 0.429. The Morgan fingerprint density at radius 1 is 1.56 bits per heavy atom. The van der Waals surface area contributed by atoms with E-state index in [4.69, 9.17) is 5.11 Å². The molecule has 0 radical (unpaired) electrons. The fourth-order valence-electron chi connectivity index (χ4n) is 0.234. The second kappa shape index (κ2) is 5.53. The van der Waals surface area contributed by atoms with E-state index in [1.165, 1.54) is 0 Å². The maximum atomic E-state index is 9.76. The minimum Gasteiger partial charge on any atom is -0.479 e. The SMILES string of the molecule is CCCOOCC(=O)O. The van der Waals surface area contributed by atoms with Gasteiger partial charge in [-0.3, -0.25) is 0 Å². The lowest BCUT2D eigenvalue weighted by Crippen LogP contribution is -2.07. The van der Waals surface area contributed by atoms with Crippen LogP contribution in [-0.2, 0) is 14.6 Å². The molecule has 0 aromatic carbocycles. The molecule has 9 heavy (non-hydrogen) atoms. The van der Waals surface area contributed by atoms with Gasteiger partial charge in [0.15, 0.2) is 6.61 Å². The van der Waals surface area contributed by atoms with Gasteiger partial charge in [-0.1, -0.05) is 6.92 Å². The van der Waals surface area contributed by atoms with Crippen molar-refractivity contribution in [2.75, 3.05) is 13.2 Å². The standard InChI is InChI=1S/C5H10O4/c1-2-3-8-9-4-5(6)7/h2-4H2,1H3,(H,6,7). The summed E-state index contributed by atoms with van der Waals surface area (Å²) in [6.07, 6.45) is 0.819. The number of carboxylic acid groups (broad SMARTS) is 1. The highest BCUT2D eigenvalue weighted by molar-refractivity contribution is 5.67. The molecule has 0 aromatic rings. The maximum Gasteiger partial charge on any atom is 0.333 e. The van der Waals surface area contributed by atoms with Gasteiger partial charge in [0, 0.05) is 0 Å². The van der Waals surface area contributed by atoms with E-state index in [0.29, 0.717) is 6.61 Å². The monoisotopic (exact) mass is 134 g/mol. The fraction of sp³-hybridized carbons (Fsp3) is 0.800. The Hall–Kier alpha value is -0.610. The number of carbonyl (C=O) groups is 1. The van der Waals surface area contributed by atoms with Crippen LogP contribution in [-0.4, -0.2) is 24.3 Å². The van der Waals surface area contributed by atoms with Gasteiger partial charge in [0.05, 0.1) is 6.61 Å². The summed E-state index contributed by atoms with van der Waals surface area (Å²) in [6.45, 7) is 1.96. The summed E-state index contributed by atoms with van der Waals surface area (Å²) in [7, 11) is 0. The van der Waals surface area contributed by atoms with E-state index in [0.717, 1.165) is 6.42 Å². The molecule has 0 atom stereocenters. The number of rotatable bonds is 5. The van der Waals surface area contributed by atoms with Crippen LogP contribution >= 0.6 is 0 Å². The molecular formula is C5H10O4. The Morgan fingerprint density at radius 2 is 2.22 bits per heavy atom. The van der Waals surface area contributed by atoms with Crippen molar-refractivity contribution in [1.82, 2.24) is 0 Å². The summed E-state index contributed by atoms with van der Waals surface area (Å²) in [4.78, 5) is 18.4. The third kappa shape index (κ3) is 7.39. The molecule has 0 saturated heterocycles. The van der Waals surface area contributed by atoms with E-state index >= 15 is 0 Å². The normalized spacial score (nSPS) is 9.44. The fourth-order valence-corrected chi connectivity index (χ4v) is 0.234. The predicted molar refractivity (Wildman–Crippen MR) is 29.8 cm³/mol. The average molecular weight is 134 g/mol. The van der Waals surface area contributed by atoms with Gasteiger partial charge in [-0.25, -0.2) is 14.6 Å². The van der Waals surface area contributed by atoms with Crippen LogP contribution < -0.4 is 0 Å². The first-order valence-electron chi connectivity index (χ1n) is 2.73. The highest BCUT2D eigenvalue weighted by Gasteiger charge is 1.94. The van der Waals surface area contributed by atoms with Gasteiger partial charge >= 0.3 is 5.97 Å². The highest BCUT2D eigenvalue weighted by Crippen LogP contribution is 1.81. The number of aliphatic carboxylic acids is 1. The lowest BCUT2D eigenvalue weighted by atomic mass is 10.5. The van der Waals surface area contributed by atoms with Crippen molar-refractivity contribution in [3.05, 3.63) is 0 Å². The van der Waals surface area contributed by atoms with E-state index < -0.39 is 5.97 Å². The quantitative estimate of drug-likeness (QED) is 0.336. The van der Waals surface area contributed by atoms with E-state index in [2.05, 4.69) is 9.78 Å². The molecule has 0 aliphatic carbocycles. The molecule has 1 N–H and O–H groups in total. The topological polar surface area (TPSA) is 55.8 Å². The summed E-state index contributed by atoms with van der Waals surface area (Å²) in [5.41, 5.74) is 0. The molecule has 0 aliphatic rings. The van der Waals surface area contributed by atoms with Gasteiger partial charge in [-0.05, 0) is 6.42 Å². The molecule has 0 rings (SSSR count). The van der Waals surface area contributed by atoms with Crippen molar-refractivity contribution in [2.24, 2.45) is 0 Å². The zero-order valence-electron chi connectivity index (χ0n) is 5.29. The first-order chi connectivity index (χ1) is 4.27. The summed E-state index contributed by atoms with van der Waals surface area (Å²) in [5, 5.41) is 8.01. The van der Waals surface area contributed by atoms with Gasteiger partial charge in [0.2, 0.25) is 0 Å². The number of carboxylic acids is 1. The van der Waals surface area contributed by atoms with Crippen molar-refractivity contribution in [1.29, 1.82) is 0 Å². The van der Waals surface area contributed by atoms with Crippen LogP contribution in [0.15, 0.2) is 0 Å². The van der Waals surface area contributed by atoms with Gasteiger partial charge < -0.3 is 5.11 Å². The van der Waals surface area contributed by atoms with Crippen molar-refractivity contribution < 1.29 is 19.7 Å². The van der Waals surface area contributed by atoms with Gasteiger partial charge in [0.25, 0.3) is 0 Å². The smallest absolute Gasteiger partial charge is 0.333 e. The van der Waals surface area contributed by atoms with Crippen LogP contribution in [0, 0.1) is 0 Å². The highest BCUT2D eigenvalue weighted by atomic mass is 17.2. The Labute approximate surface area is 53.3 Å². The van der Waals surface area contributed by atoms with Crippen LogP contribution in [0.2, 0.25) is 0 Å². The Bertz CT molecular complexity index is 81.0. The zero-order chi connectivity index (χ0) is 7.11. The molecule has 0 fully saturated rings. The van der Waals surface area contributed by atoms with Crippen molar-refractivity contribution in [2.45, 2.75) is 13.3 Å². The summed E-state index contributed by atoms with van der Waals surface area (Å²) >= 11 is 0. The molecule has 0 saturated carbocycles. The van der Waals surface area contributed by atoms with E-state index in [1.54, 1.807) is 0 Å². The maximum absolute atomic E-state index is 9.76. The second-order valence-corrected chi connectivity index (χ2v) is 1.48. The van der Waals surface area contributed by atoms with Gasteiger partial charge in [-0.2, -0.15) is 0 Å². The van der Waals surface area contributed by atoms with Crippen LogP contribution in [0.5, 0.6) is 0 Å². The zero-order valence-corrected chi connectivity index (χ0v) is 5.29. The number of hydrogen-bond donors (Lipinski definition) is 1. The summed E-state index contributed by atoms with van der Waals surface area (Å²) < 4.78 is 0. The van der Waals surface area contributed by atoms with Gasteiger partial charge in [-0.15, -0.1) is 0 Å². The largest absolute Gasteiger partial charge is 0.479 e. The third-order valence-corrected chi connectivity index (χ3v) is 0.553. The molecule has 4 heteroatoms. The molecule has 0 heterocycles. The first-order valence-corrected chi connectivity index (χ1v) is 2.73. The minimum absolute atomic E-state index is 0.389. The van der Waals surface area contributed by atoms with Crippen LogP contribution in [0.3, 0.4) is 0 Å². The van der Waals surface area contributed by atoms with Crippen molar-refractivity contribution in [3.8, 4) is 0 Å².